The number of hydrogen-bond donors (Lipinski definition) is 1. The Bertz CT molecular complexity index is 121. The summed E-state index contributed by atoms with van der Waals surface area (Å²) in [5, 5.41) is 8.99. The normalized spacial score (nSPS) is 33.3. The van der Waals surface area contributed by atoms with Crippen molar-refractivity contribution in [2.45, 2.75) is 18.9 Å². The Morgan fingerprint density at radius 3 is 2.44 bits per heavy atom. The number of carbonyl (C=O) groups excluding carboxylic acids is 1. The SMILES string of the molecule is CC1(O)CCOC1=O.Cl. The lowest BCUT2D eigenvalue weighted by Gasteiger charge is -2.07. The lowest BCUT2D eigenvalue weighted by molar-refractivity contribution is -0.151. The molecule has 0 saturated carbocycles. The fourth-order valence-corrected chi connectivity index (χ4v) is 0.600. The Labute approximate surface area is 59.4 Å². The van der Waals surface area contributed by atoms with Crippen molar-refractivity contribution in [3.8, 4) is 0 Å². The van der Waals surface area contributed by atoms with Gasteiger partial charge in [0.05, 0.1) is 6.61 Å². The van der Waals surface area contributed by atoms with Crippen LogP contribution in [0.4, 0.5) is 0 Å². The molecule has 1 saturated heterocycles. The molecule has 1 atom stereocenters. The second-order valence-electron chi connectivity index (χ2n) is 2.16. The number of esters is 1. The lowest BCUT2D eigenvalue weighted by Crippen LogP contribution is -2.29. The van der Waals surface area contributed by atoms with Gasteiger partial charge in [0.25, 0.3) is 0 Å². The van der Waals surface area contributed by atoms with Crippen molar-refractivity contribution in [3.05, 3.63) is 0 Å². The molecule has 1 N–H and O–H groups in total. The molecule has 54 valence electrons. The third-order valence-electron chi connectivity index (χ3n) is 1.26. The summed E-state index contributed by atoms with van der Waals surface area (Å²) in [6, 6.07) is 0. The number of cyclic esters (lactones) is 1. The number of aliphatic hydroxyl groups is 1. The van der Waals surface area contributed by atoms with Crippen molar-refractivity contribution >= 4 is 18.4 Å². The first-order chi connectivity index (χ1) is 3.63. The minimum Gasteiger partial charge on any atom is -0.463 e. The van der Waals surface area contributed by atoms with Crippen molar-refractivity contribution in [2.75, 3.05) is 6.61 Å². The summed E-state index contributed by atoms with van der Waals surface area (Å²) < 4.78 is 4.48. The molecular weight excluding hydrogens is 144 g/mol. The van der Waals surface area contributed by atoms with E-state index in [4.69, 9.17) is 5.11 Å². The second-order valence-corrected chi connectivity index (χ2v) is 2.16. The van der Waals surface area contributed by atoms with Crippen LogP contribution in [0, 0.1) is 0 Å². The summed E-state index contributed by atoms with van der Waals surface area (Å²) in [6.45, 7) is 1.81. The summed E-state index contributed by atoms with van der Waals surface area (Å²) in [5.74, 6) is -0.502. The van der Waals surface area contributed by atoms with Crippen LogP contribution in [0.3, 0.4) is 0 Å². The molecule has 0 bridgehead atoms. The van der Waals surface area contributed by atoms with Gasteiger partial charge < -0.3 is 9.84 Å². The van der Waals surface area contributed by atoms with Gasteiger partial charge in [-0.3, -0.25) is 0 Å². The molecular formula is C5H9ClO3. The minimum atomic E-state index is -1.21. The highest BCUT2D eigenvalue weighted by molar-refractivity contribution is 5.85. The van der Waals surface area contributed by atoms with Gasteiger partial charge in [-0.05, 0) is 6.92 Å². The number of ether oxygens (including phenoxy) is 1. The van der Waals surface area contributed by atoms with Gasteiger partial charge in [-0.25, -0.2) is 4.79 Å². The maximum Gasteiger partial charge on any atom is 0.337 e. The number of halogens is 1. The molecule has 0 radical (unpaired) electrons. The van der Waals surface area contributed by atoms with Crippen molar-refractivity contribution < 1.29 is 14.6 Å². The fraction of sp³-hybridized carbons (Fsp3) is 0.800. The van der Waals surface area contributed by atoms with Crippen molar-refractivity contribution in [3.63, 3.8) is 0 Å². The van der Waals surface area contributed by atoms with E-state index in [0.29, 0.717) is 13.0 Å². The molecule has 0 aliphatic carbocycles. The summed E-state index contributed by atoms with van der Waals surface area (Å²) >= 11 is 0. The van der Waals surface area contributed by atoms with E-state index in [-0.39, 0.29) is 12.4 Å². The predicted octanol–water partition coefficient (Wildman–Crippen LogP) is 0.106. The topological polar surface area (TPSA) is 46.5 Å². The molecule has 1 fully saturated rings. The molecule has 0 aromatic heterocycles. The Morgan fingerprint density at radius 1 is 1.78 bits per heavy atom. The third kappa shape index (κ3) is 1.56. The van der Waals surface area contributed by atoms with E-state index in [9.17, 15) is 4.79 Å². The van der Waals surface area contributed by atoms with Crippen LogP contribution in [0.1, 0.15) is 13.3 Å². The van der Waals surface area contributed by atoms with Crippen molar-refractivity contribution in [2.24, 2.45) is 0 Å². The predicted molar refractivity (Wildman–Crippen MR) is 33.4 cm³/mol. The summed E-state index contributed by atoms with van der Waals surface area (Å²) in [7, 11) is 0. The van der Waals surface area contributed by atoms with Crippen LogP contribution >= 0.6 is 12.4 Å². The first-order valence-electron chi connectivity index (χ1n) is 2.52. The largest absolute Gasteiger partial charge is 0.463 e. The number of hydrogen-bond acceptors (Lipinski definition) is 3. The Kier molecular flexibility index (Phi) is 2.46. The van der Waals surface area contributed by atoms with E-state index in [1.165, 1.54) is 6.92 Å². The molecule has 1 aliphatic rings. The molecule has 1 unspecified atom stereocenters. The van der Waals surface area contributed by atoms with Crippen LogP contribution < -0.4 is 0 Å². The summed E-state index contributed by atoms with van der Waals surface area (Å²) in [6.07, 6.45) is 0.422. The first-order valence-corrected chi connectivity index (χ1v) is 2.52. The standard InChI is InChI=1S/C5H8O3.ClH/c1-5(7)2-3-8-4(5)6;/h7H,2-3H2,1H3;1H. The molecule has 4 heteroatoms. The molecule has 1 rings (SSSR count). The van der Waals surface area contributed by atoms with Gasteiger partial charge in [-0.1, -0.05) is 0 Å². The molecule has 0 spiro atoms. The Morgan fingerprint density at radius 2 is 2.33 bits per heavy atom. The molecule has 1 heterocycles. The van der Waals surface area contributed by atoms with E-state index >= 15 is 0 Å². The summed E-state index contributed by atoms with van der Waals surface area (Å²) in [5.41, 5.74) is -1.21. The number of carbonyl (C=O) groups is 1. The average Bonchev–Trinajstić information content (AvgIpc) is 1.86. The van der Waals surface area contributed by atoms with Crippen molar-refractivity contribution in [1.29, 1.82) is 0 Å². The second kappa shape index (κ2) is 2.54. The number of rotatable bonds is 0. The fourth-order valence-electron chi connectivity index (χ4n) is 0.600. The minimum absolute atomic E-state index is 0. The monoisotopic (exact) mass is 152 g/mol. The lowest BCUT2D eigenvalue weighted by atomic mass is 10.1. The average molecular weight is 153 g/mol. The Hall–Kier alpha value is -0.280. The zero-order valence-electron chi connectivity index (χ0n) is 5.09. The van der Waals surface area contributed by atoms with Crippen LogP contribution in [-0.2, 0) is 9.53 Å². The van der Waals surface area contributed by atoms with Crippen LogP contribution in [0.25, 0.3) is 0 Å². The van der Waals surface area contributed by atoms with Gasteiger partial charge in [0.2, 0.25) is 0 Å². The zero-order chi connectivity index (χ0) is 6.20. The van der Waals surface area contributed by atoms with Gasteiger partial charge in [-0.15, -0.1) is 12.4 Å². The highest BCUT2D eigenvalue weighted by Gasteiger charge is 2.37. The quantitative estimate of drug-likeness (QED) is 0.501. The molecule has 0 aromatic rings. The Balaban J connectivity index is 0.000000640. The van der Waals surface area contributed by atoms with Gasteiger partial charge in [-0.2, -0.15) is 0 Å². The van der Waals surface area contributed by atoms with Crippen molar-refractivity contribution in [1.82, 2.24) is 0 Å². The molecule has 0 amide bonds. The maximum atomic E-state index is 10.4. The van der Waals surface area contributed by atoms with E-state index < -0.39 is 11.6 Å². The maximum absolute atomic E-state index is 10.4. The van der Waals surface area contributed by atoms with Gasteiger partial charge in [0, 0.05) is 6.42 Å². The van der Waals surface area contributed by atoms with E-state index in [1.807, 2.05) is 0 Å². The molecule has 3 nitrogen and oxygen atoms in total. The highest BCUT2D eigenvalue weighted by Crippen LogP contribution is 2.17. The third-order valence-corrected chi connectivity index (χ3v) is 1.26. The molecule has 1 aliphatic heterocycles. The van der Waals surface area contributed by atoms with E-state index in [2.05, 4.69) is 4.74 Å². The van der Waals surface area contributed by atoms with Crippen LogP contribution in [0.2, 0.25) is 0 Å². The van der Waals surface area contributed by atoms with E-state index in [0.717, 1.165) is 0 Å². The van der Waals surface area contributed by atoms with Crippen LogP contribution in [-0.4, -0.2) is 23.3 Å². The van der Waals surface area contributed by atoms with Gasteiger partial charge in [0.15, 0.2) is 5.60 Å². The van der Waals surface area contributed by atoms with E-state index in [1.54, 1.807) is 0 Å². The smallest absolute Gasteiger partial charge is 0.337 e. The zero-order valence-corrected chi connectivity index (χ0v) is 5.90. The molecule has 9 heavy (non-hydrogen) atoms. The van der Waals surface area contributed by atoms with Crippen LogP contribution in [0.5, 0.6) is 0 Å². The summed E-state index contributed by atoms with van der Waals surface area (Å²) in [4.78, 5) is 10.4. The first kappa shape index (κ1) is 8.72. The van der Waals surface area contributed by atoms with Gasteiger partial charge in [0.1, 0.15) is 0 Å². The van der Waals surface area contributed by atoms with Crippen LogP contribution in [0.15, 0.2) is 0 Å². The highest BCUT2D eigenvalue weighted by atomic mass is 35.5. The van der Waals surface area contributed by atoms with Gasteiger partial charge >= 0.3 is 5.97 Å². The molecule has 0 aromatic carbocycles.